The highest BCUT2D eigenvalue weighted by Gasteiger charge is 2.24. The van der Waals surface area contributed by atoms with Gasteiger partial charge in [0.05, 0.1) is 5.69 Å². The van der Waals surface area contributed by atoms with Crippen LogP contribution in [0.2, 0.25) is 0 Å². The number of carbonyl (C=O) groups is 1. The van der Waals surface area contributed by atoms with Gasteiger partial charge in [-0.1, -0.05) is 36.4 Å². The van der Waals surface area contributed by atoms with Gasteiger partial charge in [0.1, 0.15) is 0 Å². The zero-order chi connectivity index (χ0) is 13.1. The molecule has 0 aliphatic carbocycles. The number of aryl methyl sites for hydroxylation is 2. The first kappa shape index (κ1) is 13.1. The zero-order valence-electron chi connectivity index (χ0n) is 11.1. The van der Waals surface area contributed by atoms with Crippen LogP contribution in [0.3, 0.4) is 0 Å². The minimum atomic E-state index is 0.156. The van der Waals surface area contributed by atoms with Crippen molar-refractivity contribution in [2.24, 2.45) is 4.99 Å². The van der Waals surface area contributed by atoms with Crippen LogP contribution in [0.5, 0.6) is 0 Å². The maximum Gasteiger partial charge on any atom is 0.228 e. The van der Waals surface area contributed by atoms with E-state index in [4.69, 9.17) is 0 Å². The SMILES string of the molecule is CCC(=O)N1CCSC1=Nc1ccc(C)cc1C. The second kappa shape index (κ2) is 5.57. The van der Waals surface area contributed by atoms with Crippen molar-refractivity contribution in [1.82, 2.24) is 4.90 Å². The first-order valence-corrected chi connectivity index (χ1v) is 7.19. The van der Waals surface area contributed by atoms with E-state index in [0.717, 1.165) is 28.7 Å². The van der Waals surface area contributed by atoms with E-state index in [-0.39, 0.29) is 5.91 Å². The van der Waals surface area contributed by atoms with Crippen LogP contribution in [0, 0.1) is 13.8 Å². The summed E-state index contributed by atoms with van der Waals surface area (Å²) in [6.45, 7) is 6.79. The fourth-order valence-corrected chi connectivity index (χ4v) is 2.92. The van der Waals surface area contributed by atoms with Crippen molar-refractivity contribution >= 4 is 28.5 Å². The van der Waals surface area contributed by atoms with Gasteiger partial charge in [0.15, 0.2) is 5.17 Å². The van der Waals surface area contributed by atoms with Gasteiger partial charge in [-0.25, -0.2) is 4.99 Å². The predicted octanol–water partition coefficient (Wildman–Crippen LogP) is 3.28. The van der Waals surface area contributed by atoms with Gasteiger partial charge in [-0.2, -0.15) is 0 Å². The Morgan fingerprint density at radius 3 is 2.89 bits per heavy atom. The maximum absolute atomic E-state index is 11.8. The number of rotatable bonds is 2. The Kier molecular flexibility index (Phi) is 4.07. The number of hydrogen-bond acceptors (Lipinski definition) is 3. The van der Waals surface area contributed by atoms with Crippen LogP contribution < -0.4 is 0 Å². The van der Waals surface area contributed by atoms with Crippen molar-refractivity contribution in [3.05, 3.63) is 29.3 Å². The van der Waals surface area contributed by atoms with E-state index in [1.807, 2.05) is 13.0 Å². The molecule has 1 fully saturated rings. The van der Waals surface area contributed by atoms with E-state index < -0.39 is 0 Å². The van der Waals surface area contributed by atoms with Gasteiger partial charge in [0, 0.05) is 18.7 Å². The fraction of sp³-hybridized carbons (Fsp3) is 0.429. The molecular formula is C14H18N2OS. The third-order valence-electron chi connectivity index (χ3n) is 2.95. The summed E-state index contributed by atoms with van der Waals surface area (Å²) in [4.78, 5) is 18.2. The second-order valence-electron chi connectivity index (χ2n) is 4.43. The molecule has 0 saturated carbocycles. The Bertz CT molecular complexity index is 497. The molecule has 0 aromatic heterocycles. The van der Waals surface area contributed by atoms with Crippen molar-refractivity contribution in [2.75, 3.05) is 12.3 Å². The number of thioether (sulfide) groups is 1. The van der Waals surface area contributed by atoms with E-state index in [9.17, 15) is 4.79 Å². The molecule has 1 amide bonds. The predicted molar refractivity (Wildman–Crippen MR) is 77.5 cm³/mol. The van der Waals surface area contributed by atoms with Gasteiger partial charge >= 0.3 is 0 Å². The lowest BCUT2D eigenvalue weighted by molar-refractivity contribution is -0.126. The number of amides is 1. The average Bonchev–Trinajstić information content (AvgIpc) is 2.80. The quantitative estimate of drug-likeness (QED) is 0.819. The van der Waals surface area contributed by atoms with Gasteiger partial charge in [-0.05, 0) is 25.5 Å². The Morgan fingerprint density at radius 2 is 2.22 bits per heavy atom. The van der Waals surface area contributed by atoms with Crippen molar-refractivity contribution in [1.29, 1.82) is 0 Å². The lowest BCUT2D eigenvalue weighted by Gasteiger charge is -2.15. The molecule has 3 nitrogen and oxygen atoms in total. The van der Waals surface area contributed by atoms with E-state index in [1.165, 1.54) is 5.56 Å². The van der Waals surface area contributed by atoms with Gasteiger partial charge in [-0.15, -0.1) is 0 Å². The summed E-state index contributed by atoms with van der Waals surface area (Å²) in [6, 6.07) is 6.19. The maximum atomic E-state index is 11.8. The summed E-state index contributed by atoms with van der Waals surface area (Å²) in [5.74, 6) is 1.10. The van der Waals surface area contributed by atoms with E-state index >= 15 is 0 Å². The van der Waals surface area contributed by atoms with Crippen LogP contribution >= 0.6 is 11.8 Å². The summed E-state index contributed by atoms with van der Waals surface area (Å²) < 4.78 is 0. The minimum Gasteiger partial charge on any atom is -0.290 e. The van der Waals surface area contributed by atoms with Crippen LogP contribution in [0.1, 0.15) is 24.5 Å². The largest absolute Gasteiger partial charge is 0.290 e. The molecular weight excluding hydrogens is 244 g/mol. The van der Waals surface area contributed by atoms with Crippen LogP contribution in [-0.2, 0) is 4.79 Å². The highest BCUT2D eigenvalue weighted by molar-refractivity contribution is 8.14. The first-order chi connectivity index (χ1) is 8.61. The molecule has 1 aromatic rings. The van der Waals surface area contributed by atoms with Gasteiger partial charge in [-0.3, -0.25) is 9.69 Å². The Morgan fingerprint density at radius 1 is 1.44 bits per heavy atom. The summed E-state index contributed by atoms with van der Waals surface area (Å²) in [6.07, 6.45) is 0.534. The molecule has 1 aliphatic rings. The molecule has 0 N–H and O–H groups in total. The molecule has 1 saturated heterocycles. The molecule has 4 heteroatoms. The van der Waals surface area contributed by atoms with Gasteiger partial charge in [0.2, 0.25) is 5.91 Å². The Labute approximate surface area is 112 Å². The third kappa shape index (κ3) is 2.75. The average molecular weight is 262 g/mol. The highest BCUT2D eigenvalue weighted by Crippen LogP contribution is 2.26. The molecule has 18 heavy (non-hydrogen) atoms. The summed E-state index contributed by atoms with van der Waals surface area (Å²) >= 11 is 1.66. The normalized spacial score (nSPS) is 17.5. The molecule has 0 unspecified atom stereocenters. The molecule has 0 atom stereocenters. The van der Waals surface area contributed by atoms with Crippen LogP contribution in [0.25, 0.3) is 0 Å². The number of aliphatic imine (C=N–C) groups is 1. The van der Waals surface area contributed by atoms with Gasteiger partial charge < -0.3 is 0 Å². The molecule has 0 bridgehead atoms. The van der Waals surface area contributed by atoms with E-state index in [0.29, 0.717) is 6.42 Å². The fourth-order valence-electron chi connectivity index (χ4n) is 1.95. The summed E-state index contributed by atoms with van der Waals surface area (Å²) in [7, 11) is 0. The van der Waals surface area contributed by atoms with Crippen LogP contribution in [-0.4, -0.2) is 28.3 Å². The molecule has 1 aliphatic heterocycles. The summed E-state index contributed by atoms with van der Waals surface area (Å²) in [5, 5.41) is 0.841. The Hall–Kier alpha value is -1.29. The van der Waals surface area contributed by atoms with Crippen molar-refractivity contribution in [3.8, 4) is 0 Å². The Balaban J connectivity index is 2.29. The number of amidine groups is 1. The number of carbonyl (C=O) groups excluding carboxylic acids is 1. The van der Waals surface area contributed by atoms with Crippen molar-refractivity contribution in [3.63, 3.8) is 0 Å². The zero-order valence-corrected chi connectivity index (χ0v) is 11.9. The third-order valence-corrected chi connectivity index (χ3v) is 3.91. The van der Waals surface area contributed by atoms with Crippen molar-refractivity contribution in [2.45, 2.75) is 27.2 Å². The molecule has 96 valence electrons. The lowest BCUT2D eigenvalue weighted by Crippen LogP contribution is -2.30. The standard InChI is InChI=1S/C14H18N2OS/c1-4-13(17)16-7-8-18-14(16)15-12-6-5-10(2)9-11(12)3/h5-6,9H,4,7-8H2,1-3H3. The molecule has 1 heterocycles. The molecule has 2 rings (SSSR count). The number of nitrogens with zero attached hydrogens (tertiary/aromatic N) is 2. The van der Waals surface area contributed by atoms with Crippen molar-refractivity contribution < 1.29 is 4.79 Å². The van der Waals surface area contributed by atoms with Crippen LogP contribution in [0.15, 0.2) is 23.2 Å². The second-order valence-corrected chi connectivity index (χ2v) is 5.49. The topological polar surface area (TPSA) is 32.7 Å². The van der Waals surface area contributed by atoms with Crippen LogP contribution in [0.4, 0.5) is 5.69 Å². The van der Waals surface area contributed by atoms with E-state index in [1.54, 1.807) is 16.7 Å². The monoisotopic (exact) mass is 262 g/mol. The molecule has 0 spiro atoms. The first-order valence-electron chi connectivity index (χ1n) is 6.21. The van der Waals surface area contributed by atoms with Gasteiger partial charge in [0.25, 0.3) is 0 Å². The molecule has 0 radical (unpaired) electrons. The lowest BCUT2D eigenvalue weighted by atomic mass is 10.1. The highest BCUT2D eigenvalue weighted by atomic mass is 32.2. The smallest absolute Gasteiger partial charge is 0.228 e. The number of hydrogen-bond donors (Lipinski definition) is 0. The van der Waals surface area contributed by atoms with E-state index in [2.05, 4.69) is 31.0 Å². The summed E-state index contributed by atoms with van der Waals surface area (Å²) in [5.41, 5.74) is 3.34. The molecule has 1 aromatic carbocycles. The minimum absolute atomic E-state index is 0.156. The number of benzene rings is 1.